The van der Waals surface area contributed by atoms with Crippen LogP contribution in [-0.2, 0) is 10.0 Å². The van der Waals surface area contributed by atoms with Crippen molar-refractivity contribution in [3.05, 3.63) is 29.0 Å². The minimum absolute atomic E-state index is 0.169. The van der Waals surface area contributed by atoms with Gasteiger partial charge in [-0.15, -0.1) is 0 Å². The summed E-state index contributed by atoms with van der Waals surface area (Å²) in [5.41, 5.74) is 0. The number of sulfonamides is 1. The van der Waals surface area contributed by atoms with Gasteiger partial charge in [-0.1, -0.05) is 24.4 Å². The molecular formula is C12H15ClFNO3S. The number of halogens is 2. The summed E-state index contributed by atoms with van der Waals surface area (Å²) < 4.78 is 39.7. The van der Waals surface area contributed by atoms with Gasteiger partial charge in [-0.25, -0.2) is 17.5 Å². The molecule has 1 aromatic carbocycles. The number of rotatable bonds is 3. The Hall–Kier alpha value is -0.690. The summed E-state index contributed by atoms with van der Waals surface area (Å²) >= 11 is 5.75. The van der Waals surface area contributed by atoms with Crippen LogP contribution in [-0.4, -0.2) is 25.7 Å². The lowest BCUT2D eigenvalue weighted by Gasteiger charge is -2.28. The van der Waals surface area contributed by atoms with Crippen LogP contribution in [0.2, 0.25) is 5.02 Å². The molecule has 0 aliphatic heterocycles. The first-order valence-corrected chi connectivity index (χ1v) is 7.92. The van der Waals surface area contributed by atoms with E-state index in [1.54, 1.807) is 0 Å². The van der Waals surface area contributed by atoms with Gasteiger partial charge in [0.25, 0.3) is 0 Å². The van der Waals surface area contributed by atoms with Crippen molar-refractivity contribution in [3.8, 4) is 0 Å². The predicted octanol–water partition coefficient (Wildman–Crippen LogP) is 2.06. The van der Waals surface area contributed by atoms with E-state index >= 15 is 0 Å². The van der Waals surface area contributed by atoms with Gasteiger partial charge in [-0.3, -0.25) is 0 Å². The lowest BCUT2D eigenvalue weighted by molar-refractivity contribution is 0.101. The molecule has 2 atom stereocenters. The summed E-state index contributed by atoms with van der Waals surface area (Å²) in [6.45, 7) is 0. The quantitative estimate of drug-likeness (QED) is 0.898. The molecule has 106 valence electrons. The minimum Gasteiger partial charge on any atom is -0.391 e. The smallest absolute Gasteiger partial charge is 0.242 e. The normalized spacial score (nSPS) is 24.4. The largest absolute Gasteiger partial charge is 0.391 e. The fraction of sp³-hybridized carbons (Fsp3) is 0.500. The monoisotopic (exact) mass is 307 g/mol. The van der Waals surface area contributed by atoms with E-state index in [2.05, 4.69) is 4.72 Å². The van der Waals surface area contributed by atoms with Crippen molar-refractivity contribution in [1.82, 2.24) is 4.72 Å². The van der Waals surface area contributed by atoms with Crippen LogP contribution in [0.25, 0.3) is 0 Å². The number of benzene rings is 1. The lowest BCUT2D eigenvalue weighted by atomic mass is 9.93. The molecule has 7 heteroatoms. The van der Waals surface area contributed by atoms with Crippen LogP contribution >= 0.6 is 11.6 Å². The molecule has 0 heterocycles. The Morgan fingerprint density at radius 3 is 2.63 bits per heavy atom. The maximum atomic E-state index is 12.9. The zero-order chi connectivity index (χ0) is 14.0. The van der Waals surface area contributed by atoms with Crippen LogP contribution in [0, 0.1) is 5.82 Å². The summed E-state index contributed by atoms with van der Waals surface area (Å²) in [5.74, 6) is -0.596. The highest BCUT2D eigenvalue weighted by atomic mass is 35.5. The number of nitrogens with one attached hydrogen (secondary N) is 1. The van der Waals surface area contributed by atoms with Gasteiger partial charge in [0.05, 0.1) is 11.1 Å². The van der Waals surface area contributed by atoms with Crippen molar-refractivity contribution in [1.29, 1.82) is 0 Å². The second-order valence-electron chi connectivity index (χ2n) is 4.65. The number of aliphatic hydroxyl groups is 1. The molecule has 0 bridgehead atoms. The molecule has 1 aromatic rings. The SMILES string of the molecule is O=S(=O)(NC1CCCCC1O)c1ccc(F)cc1Cl. The fourth-order valence-corrected chi connectivity index (χ4v) is 4.04. The lowest BCUT2D eigenvalue weighted by Crippen LogP contribution is -2.45. The first-order chi connectivity index (χ1) is 8.90. The van der Waals surface area contributed by atoms with Gasteiger partial charge in [-0.05, 0) is 31.0 Å². The minimum atomic E-state index is -3.85. The average molecular weight is 308 g/mol. The summed E-state index contributed by atoms with van der Waals surface area (Å²) in [4.78, 5) is -0.173. The van der Waals surface area contributed by atoms with E-state index in [1.165, 1.54) is 0 Å². The van der Waals surface area contributed by atoms with Crippen molar-refractivity contribution in [2.45, 2.75) is 42.7 Å². The first-order valence-electron chi connectivity index (χ1n) is 6.05. The fourth-order valence-electron chi connectivity index (χ4n) is 2.20. The molecule has 1 aliphatic carbocycles. The van der Waals surface area contributed by atoms with E-state index in [0.717, 1.165) is 31.0 Å². The van der Waals surface area contributed by atoms with E-state index in [4.69, 9.17) is 11.6 Å². The summed E-state index contributed by atoms with van der Waals surface area (Å²) in [5, 5.41) is 9.60. The first kappa shape index (κ1) is 14.7. The molecule has 0 saturated heterocycles. The molecule has 2 unspecified atom stereocenters. The standard InChI is InChI=1S/C12H15ClFNO3S/c13-9-7-8(14)5-6-12(9)19(17,18)15-10-3-1-2-4-11(10)16/h5-7,10-11,15-16H,1-4H2. The topological polar surface area (TPSA) is 66.4 Å². The third kappa shape index (κ3) is 3.45. The van der Waals surface area contributed by atoms with Crippen molar-refractivity contribution in [2.24, 2.45) is 0 Å². The zero-order valence-electron chi connectivity index (χ0n) is 10.1. The van der Waals surface area contributed by atoms with Crippen molar-refractivity contribution in [3.63, 3.8) is 0 Å². The maximum Gasteiger partial charge on any atom is 0.242 e. The van der Waals surface area contributed by atoms with E-state index < -0.39 is 28.0 Å². The molecule has 0 radical (unpaired) electrons. The second-order valence-corrected chi connectivity index (χ2v) is 6.74. The third-order valence-corrected chi connectivity index (χ3v) is 5.19. The van der Waals surface area contributed by atoms with Crippen LogP contribution in [0.4, 0.5) is 4.39 Å². The molecule has 0 amide bonds. The summed E-state index contributed by atoms with van der Waals surface area (Å²) in [7, 11) is -3.85. The third-order valence-electron chi connectivity index (χ3n) is 3.22. The Bertz CT molecular complexity index is 564. The van der Waals surface area contributed by atoms with Crippen LogP contribution in [0.3, 0.4) is 0 Å². The molecule has 0 spiro atoms. The molecule has 19 heavy (non-hydrogen) atoms. The summed E-state index contributed by atoms with van der Waals surface area (Å²) in [6.07, 6.45) is 2.21. The zero-order valence-corrected chi connectivity index (χ0v) is 11.7. The molecular weight excluding hydrogens is 293 g/mol. The van der Waals surface area contributed by atoms with Crippen molar-refractivity contribution < 1.29 is 17.9 Å². The Morgan fingerprint density at radius 2 is 2.00 bits per heavy atom. The van der Waals surface area contributed by atoms with E-state index in [9.17, 15) is 17.9 Å². The van der Waals surface area contributed by atoms with E-state index in [1.807, 2.05) is 0 Å². The molecule has 2 rings (SSSR count). The molecule has 1 saturated carbocycles. The molecule has 2 N–H and O–H groups in total. The number of hydrogen-bond acceptors (Lipinski definition) is 3. The number of hydrogen-bond donors (Lipinski definition) is 2. The maximum absolute atomic E-state index is 12.9. The molecule has 1 aliphatic rings. The Morgan fingerprint density at radius 1 is 1.32 bits per heavy atom. The highest BCUT2D eigenvalue weighted by molar-refractivity contribution is 7.89. The highest BCUT2D eigenvalue weighted by Gasteiger charge is 2.29. The Labute approximate surface area is 116 Å². The predicted molar refractivity (Wildman–Crippen MR) is 70.0 cm³/mol. The molecule has 1 fully saturated rings. The second kappa shape index (κ2) is 5.75. The van der Waals surface area contributed by atoms with Crippen molar-refractivity contribution in [2.75, 3.05) is 0 Å². The van der Waals surface area contributed by atoms with Crippen LogP contribution in [0.1, 0.15) is 25.7 Å². The van der Waals surface area contributed by atoms with Gasteiger partial charge in [-0.2, -0.15) is 0 Å². The van der Waals surface area contributed by atoms with Gasteiger partial charge in [0.15, 0.2) is 0 Å². The van der Waals surface area contributed by atoms with Crippen molar-refractivity contribution >= 4 is 21.6 Å². The van der Waals surface area contributed by atoms with E-state index in [0.29, 0.717) is 12.8 Å². The summed E-state index contributed by atoms with van der Waals surface area (Å²) in [6, 6.07) is 2.60. The number of aliphatic hydroxyl groups excluding tert-OH is 1. The highest BCUT2D eigenvalue weighted by Crippen LogP contribution is 2.25. The molecule has 0 aromatic heterocycles. The van der Waals surface area contributed by atoms with Gasteiger partial charge >= 0.3 is 0 Å². The van der Waals surface area contributed by atoms with E-state index in [-0.39, 0.29) is 9.92 Å². The van der Waals surface area contributed by atoms with Crippen LogP contribution in [0.5, 0.6) is 0 Å². The van der Waals surface area contributed by atoms with Crippen LogP contribution < -0.4 is 4.72 Å². The Kier molecular flexibility index (Phi) is 4.45. The van der Waals surface area contributed by atoms with Crippen LogP contribution in [0.15, 0.2) is 23.1 Å². The molecule has 4 nitrogen and oxygen atoms in total. The average Bonchev–Trinajstić information content (AvgIpc) is 2.31. The van der Waals surface area contributed by atoms with Gasteiger partial charge < -0.3 is 5.11 Å². The van der Waals surface area contributed by atoms with Gasteiger partial charge in [0, 0.05) is 6.04 Å². The Balaban J connectivity index is 2.22. The van der Waals surface area contributed by atoms with Gasteiger partial charge in [0.2, 0.25) is 10.0 Å². The van der Waals surface area contributed by atoms with Gasteiger partial charge in [0.1, 0.15) is 10.7 Å².